The Morgan fingerprint density at radius 1 is 1.00 bits per heavy atom. The lowest BCUT2D eigenvalue weighted by molar-refractivity contribution is 0.152. The Kier molecular flexibility index (Phi) is 8.96. The smallest absolute Gasteiger partial charge is 0.0220 e. The van der Waals surface area contributed by atoms with Crippen LogP contribution >= 0.6 is 0 Å². The summed E-state index contributed by atoms with van der Waals surface area (Å²) in [4.78, 5) is 2.62. The fourth-order valence-corrected chi connectivity index (χ4v) is 2.29. The lowest BCUT2D eigenvalue weighted by atomic mass is 10.0. The van der Waals surface area contributed by atoms with E-state index in [1.54, 1.807) is 0 Å². The Morgan fingerprint density at radius 2 is 1.62 bits per heavy atom. The Balaban J connectivity index is 4.30. The van der Waals surface area contributed by atoms with Crippen molar-refractivity contribution in [2.24, 2.45) is 5.92 Å². The molecule has 0 fully saturated rings. The maximum atomic E-state index is 3.60. The second kappa shape index (κ2) is 9.00. The van der Waals surface area contributed by atoms with E-state index in [0.29, 0.717) is 12.1 Å². The van der Waals surface area contributed by atoms with Gasteiger partial charge in [0.15, 0.2) is 0 Å². The van der Waals surface area contributed by atoms with Gasteiger partial charge in [-0.1, -0.05) is 41.0 Å². The highest BCUT2D eigenvalue weighted by atomic mass is 15.2. The standard InChI is InChI=1S/C14H32N2/c1-7-12(5)11-16(10-4)13(6)14(8-2)15-9-3/h12-15H,7-11H2,1-6H3. The number of nitrogens with zero attached hydrogens (tertiary/aromatic N) is 1. The number of hydrogen-bond acceptors (Lipinski definition) is 2. The molecule has 0 aliphatic heterocycles. The molecule has 0 aromatic carbocycles. The van der Waals surface area contributed by atoms with Gasteiger partial charge in [0.05, 0.1) is 0 Å². The summed E-state index contributed by atoms with van der Waals surface area (Å²) in [7, 11) is 0. The van der Waals surface area contributed by atoms with Crippen LogP contribution in [0.15, 0.2) is 0 Å². The summed E-state index contributed by atoms with van der Waals surface area (Å²) in [6, 6.07) is 1.28. The molecule has 2 nitrogen and oxygen atoms in total. The molecule has 3 unspecified atom stereocenters. The van der Waals surface area contributed by atoms with Gasteiger partial charge in [0, 0.05) is 18.6 Å². The number of likely N-dealkylation sites (N-methyl/N-ethyl adjacent to an activating group) is 2. The second-order valence-electron chi connectivity index (χ2n) is 4.91. The lowest BCUT2D eigenvalue weighted by Crippen LogP contribution is -2.49. The first-order valence-electron chi connectivity index (χ1n) is 7.07. The van der Waals surface area contributed by atoms with Gasteiger partial charge >= 0.3 is 0 Å². The maximum absolute atomic E-state index is 3.60. The zero-order chi connectivity index (χ0) is 12.6. The highest BCUT2D eigenvalue weighted by Gasteiger charge is 2.21. The summed E-state index contributed by atoms with van der Waals surface area (Å²) in [6.07, 6.45) is 2.49. The molecule has 1 N–H and O–H groups in total. The van der Waals surface area contributed by atoms with E-state index in [4.69, 9.17) is 0 Å². The SMILES string of the molecule is CCNC(CC)C(C)N(CC)CC(C)CC. The van der Waals surface area contributed by atoms with Crippen LogP contribution in [0.25, 0.3) is 0 Å². The predicted octanol–water partition coefficient (Wildman–Crippen LogP) is 3.13. The monoisotopic (exact) mass is 228 g/mol. The molecule has 0 aromatic rings. The van der Waals surface area contributed by atoms with Gasteiger partial charge < -0.3 is 5.32 Å². The molecule has 0 bridgehead atoms. The minimum absolute atomic E-state index is 0.633. The molecule has 0 amide bonds. The highest BCUT2D eigenvalue weighted by molar-refractivity contribution is 4.80. The largest absolute Gasteiger partial charge is 0.313 e. The van der Waals surface area contributed by atoms with Gasteiger partial charge in [-0.25, -0.2) is 0 Å². The maximum Gasteiger partial charge on any atom is 0.0220 e. The van der Waals surface area contributed by atoms with Gasteiger partial charge in [0.1, 0.15) is 0 Å². The van der Waals surface area contributed by atoms with E-state index in [-0.39, 0.29) is 0 Å². The van der Waals surface area contributed by atoms with Crippen LogP contribution in [-0.2, 0) is 0 Å². The van der Waals surface area contributed by atoms with Gasteiger partial charge in [0.25, 0.3) is 0 Å². The van der Waals surface area contributed by atoms with E-state index in [2.05, 4.69) is 51.8 Å². The Bertz CT molecular complexity index is 159. The van der Waals surface area contributed by atoms with Crippen LogP contribution in [0.4, 0.5) is 0 Å². The summed E-state index contributed by atoms with van der Waals surface area (Å²) >= 11 is 0. The van der Waals surface area contributed by atoms with Crippen LogP contribution in [0.2, 0.25) is 0 Å². The molecule has 0 saturated heterocycles. The third kappa shape index (κ3) is 5.31. The van der Waals surface area contributed by atoms with Crippen molar-refractivity contribution in [2.45, 2.75) is 66.5 Å². The van der Waals surface area contributed by atoms with E-state index in [1.807, 2.05) is 0 Å². The molecule has 2 heteroatoms. The normalized spacial score (nSPS) is 17.4. The topological polar surface area (TPSA) is 15.3 Å². The van der Waals surface area contributed by atoms with Crippen LogP contribution in [0.1, 0.15) is 54.4 Å². The molecular formula is C14H32N2. The molecule has 0 heterocycles. The van der Waals surface area contributed by atoms with E-state index < -0.39 is 0 Å². The molecule has 0 aliphatic carbocycles. The second-order valence-corrected chi connectivity index (χ2v) is 4.91. The van der Waals surface area contributed by atoms with Crippen molar-refractivity contribution in [3.63, 3.8) is 0 Å². The molecular weight excluding hydrogens is 196 g/mol. The quantitative estimate of drug-likeness (QED) is 0.652. The average Bonchev–Trinajstić information content (AvgIpc) is 2.31. The van der Waals surface area contributed by atoms with E-state index in [0.717, 1.165) is 19.0 Å². The number of rotatable bonds is 9. The zero-order valence-electron chi connectivity index (χ0n) is 12.2. The minimum atomic E-state index is 0.633. The lowest BCUT2D eigenvalue weighted by Gasteiger charge is -2.35. The Morgan fingerprint density at radius 3 is 2.00 bits per heavy atom. The molecule has 98 valence electrons. The van der Waals surface area contributed by atoms with Crippen molar-refractivity contribution in [1.29, 1.82) is 0 Å². The molecule has 0 aliphatic rings. The van der Waals surface area contributed by atoms with Crippen LogP contribution in [0.3, 0.4) is 0 Å². The van der Waals surface area contributed by atoms with Gasteiger partial charge in [-0.15, -0.1) is 0 Å². The summed E-state index contributed by atoms with van der Waals surface area (Å²) in [5.74, 6) is 0.807. The third-order valence-corrected chi connectivity index (χ3v) is 3.71. The number of hydrogen-bond donors (Lipinski definition) is 1. The van der Waals surface area contributed by atoms with Gasteiger partial charge in [0.2, 0.25) is 0 Å². The molecule has 0 saturated carbocycles. The van der Waals surface area contributed by atoms with Crippen LogP contribution in [-0.4, -0.2) is 36.6 Å². The van der Waals surface area contributed by atoms with E-state index in [9.17, 15) is 0 Å². The summed E-state index contributed by atoms with van der Waals surface area (Å²) in [5, 5.41) is 3.60. The molecule has 0 rings (SSSR count). The summed E-state index contributed by atoms with van der Waals surface area (Å²) in [5.41, 5.74) is 0. The van der Waals surface area contributed by atoms with Crippen LogP contribution in [0.5, 0.6) is 0 Å². The fraction of sp³-hybridized carbons (Fsp3) is 1.00. The average molecular weight is 228 g/mol. The Labute approximate surface area is 103 Å². The van der Waals surface area contributed by atoms with Crippen molar-refractivity contribution in [2.75, 3.05) is 19.6 Å². The first-order chi connectivity index (χ1) is 7.60. The van der Waals surface area contributed by atoms with E-state index >= 15 is 0 Å². The van der Waals surface area contributed by atoms with Crippen molar-refractivity contribution in [1.82, 2.24) is 10.2 Å². The minimum Gasteiger partial charge on any atom is -0.313 e. The van der Waals surface area contributed by atoms with Crippen molar-refractivity contribution >= 4 is 0 Å². The summed E-state index contributed by atoms with van der Waals surface area (Å²) < 4.78 is 0. The van der Waals surface area contributed by atoms with Crippen LogP contribution < -0.4 is 5.32 Å². The van der Waals surface area contributed by atoms with Gasteiger partial charge in [-0.3, -0.25) is 4.90 Å². The van der Waals surface area contributed by atoms with E-state index in [1.165, 1.54) is 19.4 Å². The molecule has 3 atom stereocenters. The Hall–Kier alpha value is -0.0800. The zero-order valence-corrected chi connectivity index (χ0v) is 12.2. The van der Waals surface area contributed by atoms with Gasteiger partial charge in [-0.05, 0) is 32.4 Å². The molecule has 0 radical (unpaired) electrons. The first kappa shape index (κ1) is 15.9. The van der Waals surface area contributed by atoms with Crippen molar-refractivity contribution < 1.29 is 0 Å². The summed E-state index contributed by atoms with van der Waals surface area (Å²) in [6.45, 7) is 17.2. The third-order valence-electron chi connectivity index (χ3n) is 3.71. The van der Waals surface area contributed by atoms with Crippen molar-refractivity contribution in [3.8, 4) is 0 Å². The van der Waals surface area contributed by atoms with Gasteiger partial charge in [-0.2, -0.15) is 0 Å². The number of nitrogens with one attached hydrogen (secondary N) is 1. The molecule has 0 aromatic heterocycles. The molecule has 16 heavy (non-hydrogen) atoms. The van der Waals surface area contributed by atoms with Crippen molar-refractivity contribution in [3.05, 3.63) is 0 Å². The predicted molar refractivity (Wildman–Crippen MR) is 73.9 cm³/mol. The fourth-order valence-electron chi connectivity index (χ4n) is 2.29. The molecule has 0 spiro atoms. The first-order valence-corrected chi connectivity index (χ1v) is 7.07. The highest BCUT2D eigenvalue weighted by Crippen LogP contribution is 2.12. The van der Waals surface area contributed by atoms with Crippen LogP contribution in [0, 0.1) is 5.92 Å².